The van der Waals surface area contributed by atoms with Crippen molar-refractivity contribution in [2.45, 2.75) is 20.8 Å². The minimum atomic E-state index is 0.648. The van der Waals surface area contributed by atoms with Gasteiger partial charge >= 0.3 is 0 Å². The highest BCUT2D eigenvalue weighted by Gasteiger charge is 2.17. The molecule has 0 fully saturated rings. The molecule has 4 rings (SSSR count). The fourth-order valence-electron chi connectivity index (χ4n) is 3.44. The molecule has 0 saturated carbocycles. The molecule has 4 aromatic rings. The van der Waals surface area contributed by atoms with Crippen LogP contribution in [-0.4, -0.2) is 16.6 Å². The second-order valence-corrected chi connectivity index (χ2v) is 6.70. The maximum Gasteiger partial charge on any atom is 0.130 e. The minimum Gasteiger partial charge on any atom is -0.493 e. The molecule has 4 heteroatoms. The molecule has 0 bridgehead atoms. The predicted molar refractivity (Wildman–Crippen MR) is 99.4 cm³/mol. The summed E-state index contributed by atoms with van der Waals surface area (Å²) in [6.07, 6.45) is 1.83. The van der Waals surface area contributed by atoms with E-state index < -0.39 is 0 Å². The standard InChI is InChI=1S/C19H17BrN2O/c1-4-23-15-7-8-21-18-10(2)16-13-9-12(20)5-6-14(13)22-19(16)11(3)17(15)18/h5-9,22H,4H2,1-3H3. The van der Waals surface area contributed by atoms with Crippen molar-refractivity contribution in [3.8, 4) is 5.75 Å². The zero-order valence-electron chi connectivity index (χ0n) is 13.3. The van der Waals surface area contributed by atoms with Gasteiger partial charge in [0.1, 0.15) is 5.75 Å². The molecular weight excluding hydrogens is 352 g/mol. The smallest absolute Gasteiger partial charge is 0.130 e. The molecule has 0 amide bonds. The van der Waals surface area contributed by atoms with E-state index in [4.69, 9.17) is 4.74 Å². The Kier molecular flexibility index (Phi) is 3.31. The Labute approximate surface area is 142 Å². The molecule has 0 radical (unpaired) electrons. The van der Waals surface area contributed by atoms with Gasteiger partial charge in [-0.3, -0.25) is 4.98 Å². The number of hydrogen-bond donors (Lipinski definition) is 1. The van der Waals surface area contributed by atoms with Gasteiger partial charge in [-0.1, -0.05) is 15.9 Å². The third-order valence-electron chi connectivity index (χ3n) is 4.45. The maximum absolute atomic E-state index is 5.84. The second-order valence-electron chi connectivity index (χ2n) is 5.78. The number of rotatable bonds is 2. The van der Waals surface area contributed by atoms with Gasteiger partial charge in [0.25, 0.3) is 0 Å². The lowest BCUT2D eigenvalue weighted by Gasteiger charge is -2.12. The summed E-state index contributed by atoms with van der Waals surface area (Å²) < 4.78 is 6.92. The molecule has 2 aromatic carbocycles. The zero-order chi connectivity index (χ0) is 16.1. The molecular formula is C19H17BrN2O. The monoisotopic (exact) mass is 368 g/mol. The molecule has 0 atom stereocenters. The highest BCUT2D eigenvalue weighted by Crippen LogP contribution is 2.39. The maximum atomic E-state index is 5.84. The average molecular weight is 369 g/mol. The van der Waals surface area contributed by atoms with E-state index >= 15 is 0 Å². The number of nitrogens with one attached hydrogen (secondary N) is 1. The number of H-pyrrole nitrogens is 1. The van der Waals surface area contributed by atoms with Crippen LogP contribution in [0.25, 0.3) is 32.7 Å². The molecule has 0 aliphatic carbocycles. The Morgan fingerprint density at radius 1 is 1.13 bits per heavy atom. The van der Waals surface area contributed by atoms with Crippen molar-refractivity contribution in [2.75, 3.05) is 6.61 Å². The molecule has 23 heavy (non-hydrogen) atoms. The largest absolute Gasteiger partial charge is 0.493 e. The minimum absolute atomic E-state index is 0.648. The Morgan fingerprint density at radius 2 is 1.96 bits per heavy atom. The summed E-state index contributed by atoms with van der Waals surface area (Å²) in [7, 11) is 0. The molecule has 3 nitrogen and oxygen atoms in total. The third-order valence-corrected chi connectivity index (χ3v) is 4.95. The third kappa shape index (κ3) is 2.05. The van der Waals surface area contributed by atoms with E-state index in [1.165, 1.54) is 21.9 Å². The molecule has 1 N–H and O–H groups in total. The SMILES string of the molecule is CCOc1ccnc2c(C)c3c([nH]c4ccc(Br)cc43)c(C)c12. The number of halogens is 1. The number of nitrogens with zero attached hydrogens (tertiary/aromatic N) is 1. The van der Waals surface area contributed by atoms with Gasteiger partial charge in [0.2, 0.25) is 0 Å². The molecule has 2 heterocycles. The lowest BCUT2D eigenvalue weighted by molar-refractivity contribution is 0.344. The van der Waals surface area contributed by atoms with Crippen molar-refractivity contribution in [3.05, 3.63) is 46.1 Å². The Bertz CT molecular complexity index is 1070. The van der Waals surface area contributed by atoms with Crippen molar-refractivity contribution in [1.82, 2.24) is 9.97 Å². The van der Waals surface area contributed by atoms with E-state index in [9.17, 15) is 0 Å². The van der Waals surface area contributed by atoms with Crippen LogP contribution in [0, 0.1) is 13.8 Å². The van der Waals surface area contributed by atoms with Gasteiger partial charge in [-0.15, -0.1) is 0 Å². The van der Waals surface area contributed by atoms with Gasteiger partial charge < -0.3 is 9.72 Å². The fourth-order valence-corrected chi connectivity index (χ4v) is 3.81. The molecule has 0 saturated heterocycles. The van der Waals surface area contributed by atoms with Gasteiger partial charge in [-0.2, -0.15) is 0 Å². The second kappa shape index (κ2) is 5.24. The van der Waals surface area contributed by atoms with Crippen LogP contribution in [0.15, 0.2) is 34.9 Å². The highest BCUT2D eigenvalue weighted by atomic mass is 79.9. The Morgan fingerprint density at radius 3 is 2.74 bits per heavy atom. The quantitative estimate of drug-likeness (QED) is 0.496. The summed E-state index contributed by atoms with van der Waals surface area (Å²) in [4.78, 5) is 8.21. The number of pyridine rings is 1. The Balaban J connectivity index is 2.25. The van der Waals surface area contributed by atoms with Crippen LogP contribution < -0.4 is 4.74 Å². The molecule has 0 unspecified atom stereocenters. The van der Waals surface area contributed by atoms with Crippen molar-refractivity contribution in [3.63, 3.8) is 0 Å². The summed E-state index contributed by atoms with van der Waals surface area (Å²) in [5, 5.41) is 3.57. The number of benzene rings is 2. The van der Waals surface area contributed by atoms with E-state index in [1.54, 1.807) is 0 Å². The van der Waals surface area contributed by atoms with Crippen LogP contribution in [0.1, 0.15) is 18.1 Å². The number of aromatic amines is 1. The van der Waals surface area contributed by atoms with Crippen molar-refractivity contribution in [2.24, 2.45) is 0 Å². The van der Waals surface area contributed by atoms with E-state index in [-0.39, 0.29) is 0 Å². The van der Waals surface area contributed by atoms with Crippen LogP contribution in [0.3, 0.4) is 0 Å². The summed E-state index contributed by atoms with van der Waals surface area (Å²) in [5.74, 6) is 0.903. The topological polar surface area (TPSA) is 37.9 Å². The van der Waals surface area contributed by atoms with Crippen LogP contribution in [0.2, 0.25) is 0 Å². The number of fused-ring (bicyclic) bond motifs is 4. The predicted octanol–water partition coefficient (Wildman–Crippen LogP) is 5.65. The van der Waals surface area contributed by atoms with E-state index in [0.29, 0.717) is 6.61 Å². The first-order valence-corrected chi connectivity index (χ1v) is 8.52. The highest BCUT2D eigenvalue weighted by molar-refractivity contribution is 9.10. The number of aryl methyl sites for hydroxylation is 2. The number of aromatic nitrogens is 2. The molecule has 0 spiro atoms. The fraction of sp³-hybridized carbons (Fsp3) is 0.211. The molecule has 116 valence electrons. The van der Waals surface area contributed by atoms with Crippen LogP contribution in [0.5, 0.6) is 5.75 Å². The normalized spacial score (nSPS) is 11.7. The van der Waals surface area contributed by atoms with Gasteiger partial charge in [0, 0.05) is 32.3 Å². The van der Waals surface area contributed by atoms with Gasteiger partial charge in [0.05, 0.1) is 17.6 Å². The lowest BCUT2D eigenvalue weighted by Crippen LogP contribution is -1.96. The van der Waals surface area contributed by atoms with Crippen LogP contribution >= 0.6 is 15.9 Å². The number of ether oxygens (including phenoxy) is 1. The first kappa shape index (κ1) is 14.5. The zero-order valence-corrected chi connectivity index (χ0v) is 14.9. The van der Waals surface area contributed by atoms with E-state index in [0.717, 1.165) is 32.2 Å². The summed E-state index contributed by atoms with van der Waals surface area (Å²) >= 11 is 3.58. The van der Waals surface area contributed by atoms with Crippen molar-refractivity contribution < 1.29 is 4.74 Å². The van der Waals surface area contributed by atoms with Gasteiger partial charge in [-0.25, -0.2) is 0 Å². The summed E-state index contributed by atoms with van der Waals surface area (Å²) in [6, 6.07) is 8.29. The average Bonchev–Trinajstić information content (AvgIpc) is 2.92. The summed E-state index contributed by atoms with van der Waals surface area (Å²) in [5.41, 5.74) is 5.69. The summed E-state index contributed by atoms with van der Waals surface area (Å²) in [6.45, 7) is 6.93. The van der Waals surface area contributed by atoms with Crippen molar-refractivity contribution >= 4 is 48.6 Å². The molecule has 0 aliphatic rings. The van der Waals surface area contributed by atoms with Gasteiger partial charge in [0.15, 0.2) is 0 Å². The Hall–Kier alpha value is -2.07. The first-order chi connectivity index (χ1) is 11.1. The molecule has 2 aromatic heterocycles. The van der Waals surface area contributed by atoms with Gasteiger partial charge in [-0.05, 0) is 56.2 Å². The molecule has 0 aliphatic heterocycles. The van der Waals surface area contributed by atoms with E-state index in [2.05, 4.69) is 57.9 Å². The first-order valence-electron chi connectivity index (χ1n) is 7.73. The number of hydrogen-bond acceptors (Lipinski definition) is 2. The van der Waals surface area contributed by atoms with Crippen LogP contribution in [0.4, 0.5) is 0 Å². The lowest BCUT2D eigenvalue weighted by atomic mass is 9.98. The van der Waals surface area contributed by atoms with Crippen LogP contribution in [-0.2, 0) is 0 Å². The van der Waals surface area contributed by atoms with E-state index in [1.807, 2.05) is 19.2 Å². The van der Waals surface area contributed by atoms with Crippen molar-refractivity contribution in [1.29, 1.82) is 0 Å².